The third-order valence-electron chi connectivity index (χ3n) is 3.60. The van der Waals surface area contributed by atoms with Crippen LogP contribution in [0, 0.1) is 5.92 Å². The second kappa shape index (κ2) is 6.41. The Morgan fingerprint density at radius 2 is 2.00 bits per heavy atom. The Morgan fingerprint density at radius 3 is 2.71 bits per heavy atom. The van der Waals surface area contributed by atoms with E-state index in [4.69, 9.17) is 0 Å². The van der Waals surface area contributed by atoms with E-state index in [1.807, 2.05) is 0 Å². The molecule has 0 aromatic heterocycles. The van der Waals surface area contributed by atoms with Crippen LogP contribution < -0.4 is 10.2 Å². The molecule has 17 heavy (non-hydrogen) atoms. The number of para-hydroxylation sites is 1. The van der Waals surface area contributed by atoms with Crippen molar-refractivity contribution in [3.63, 3.8) is 0 Å². The normalized spacial score (nSPS) is 17.1. The molecule has 3 heteroatoms. The van der Waals surface area contributed by atoms with Crippen LogP contribution in [-0.2, 0) is 0 Å². The highest BCUT2D eigenvalue weighted by molar-refractivity contribution is 9.10. The quantitative estimate of drug-likeness (QED) is 0.917. The highest BCUT2D eigenvalue weighted by Gasteiger charge is 2.14. The third kappa shape index (κ3) is 3.71. The molecule has 0 saturated carbocycles. The molecule has 0 atom stereocenters. The second-order valence-electron chi connectivity index (χ2n) is 4.86. The summed E-state index contributed by atoms with van der Waals surface area (Å²) in [7, 11) is 2.18. The number of anilines is 1. The van der Waals surface area contributed by atoms with E-state index in [0.29, 0.717) is 0 Å². The van der Waals surface area contributed by atoms with Gasteiger partial charge < -0.3 is 10.2 Å². The van der Waals surface area contributed by atoms with Crippen LogP contribution in [0.5, 0.6) is 0 Å². The van der Waals surface area contributed by atoms with Crippen LogP contribution in [0.3, 0.4) is 0 Å². The molecule has 0 aliphatic carbocycles. The number of nitrogens with one attached hydrogen (secondary N) is 1. The van der Waals surface area contributed by atoms with Crippen molar-refractivity contribution >= 4 is 21.6 Å². The number of benzene rings is 1. The highest BCUT2D eigenvalue weighted by atomic mass is 79.9. The minimum Gasteiger partial charge on any atom is -0.374 e. The zero-order valence-corrected chi connectivity index (χ0v) is 12.0. The molecule has 94 valence electrons. The van der Waals surface area contributed by atoms with E-state index < -0.39 is 0 Å². The Hall–Kier alpha value is -0.540. The molecule has 1 N–H and O–H groups in total. The first-order valence-corrected chi connectivity index (χ1v) is 7.23. The van der Waals surface area contributed by atoms with Gasteiger partial charge in [-0.15, -0.1) is 0 Å². The molecular weight excluding hydrogens is 276 g/mol. The van der Waals surface area contributed by atoms with Crippen molar-refractivity contribution in [1.29, 1.82) is 0 Å². The summed E-state index contributed by atoms with van der Waals surface area (Å²) in [6.07, 6.45) is 3.98. The summed E-state index contributed by atoms with van der Waals surface area (Å²) < 4.78 is 1.19. The van der Waals surface area contributed by atoms with Crippen molar-refractivity contribution in [2.45, 2.75) is 19.3 Å². The first-order valence-electron chi connectivity index (χ1n) is 6.44. The topological polar surface area (TPSA) is 15.3 Å². The maximum atomic E-state index is 3.61. The van der Waals surface area contributed by atoms with Crippen molar-refractivity contribution in [2.75, 3.05) is 31.6 Å². The van der Waals surface area contributed by atoms with E-state index in [2.05, 4.69) is 57.5 Å². The molecule has 1 fully saturated rings. The monoisotopic (exact) mass is 296 g/mol. The molecule has 0 amide bonds. The van der Waals surface area contributed by atoms with Gasteiger partial charge in [-0.25, -0.2) is 0 Å². The average Bonchev–Trinajstić information content (AvgIpc) is 2.38. The molecule has 1 heterocycles. The number of rotatable bonds is 4. The fraction of sp³-hybridized carbons (Fsp3) is 0.571. The molecule has 1 saturated heterocycles. The van der Waals surface area contributed by atoms with E-state index in [9.17, 15) is 0 Å². The molecule has 1 aromatic carbocycles. The molecule has 1 aliphatic heterocycles. The van der Waals surface area contributed by atoms with Crippen LogP contribution in [0.15, 0.2) is 28.7 Å². The predicted octanol–water partition coefficient (Wildman–Crippen LogP) is 3.28. The van der Waals surface area contributed by atoms with Gasteiger partial charge >= 0.3 is 0 Å². The van der Waals surface area contributed by atoms with Crippen LogP contribution in [0.2, 0.25) is 0 Å². The van der Waals surface area contributed by atoms with Crippen LogP contribution >= 0.6 is 15.9 Å². The van der Waals surface area contributed by atoms with Crippen LogP contribution in [0.4, 0.5) is 5.69 Å². The Kier molecular flexibility index (Phi) is 4.86. The SMILES string of the molecule is CN(CCC1CCNCC1)c1ccccc1Br. The van der Waals surface area contributed by atoms with Gasteiger partial charge in [0.15, 0.2) is 0 Å². The molecule has 0 unspecified atom stereocenters. The molecule has 2 rings (SSSR count). The van der Waals surface area contributed by atoms with Gasteiger partial charge in [0, 0.05) is 18.1 Å². The van der Waals surface area contributed by atoms with Gasteiger partial charge in [-0.3, -0.25) is 0 Å². The summed E-state index contributed by atoms with van der Waals surface area (Å²) >= 11 is 3.61. The van der Waals surface area contributed by atoms with Crippen LogP contribution in [0.1, 0.15) is 19.3 Å². The number of halogens is 1. The summed E-state index contributed by atoms with van der Waals surface area (Å²) in [6, 6.07) is 8.44. The summed E-state index contributed by atoms with van der Waals surface area (Å²) in [4.78, 5) is 2.35. The summed E-state index contributed by atoms with van der Waals surface area (Å²) in [5, 5.41) is 3.42. The maximum absolute atomic E-state index is 3.61. The number of nitrogens with zero attached hydrogens (tertiary/aromatic N) is 1. The van der Waals surface area contributed by atoms with E-state index in [-0.39, 0.29) is 0 Å². The van der Waals surface area contributed by atoms with E-state index in [1.54, 1.807) is 0 Å². The molecule has 1 aromatic rings. The average molecular weight is 297 g/mol. The second-order valence-corrected chi connectivity index (χ2v) is 5.71. The predicted molar refractivity (Wildman–Crippen MR) is 77.6 cm³/mol. The van der Waals surface area contributed by atoms with Gasteiger partial charge in [0.2, 0.25) is 0 Å². The van der Waals surface area contributed by atoms with E-state index in [1.165, 1.54) is 42.5 Å². The van der Waals surface area contributed by atoms with Crippen molar-refractivity contribution in [3.8, 4) is 0 Å². The van der Waals surface area contributed by atoms with Gasteiger partial charge in [0.05, 0.1) is 5.69 Å². The first kappa shape index (κ1) is 12.9. The lowest BCUT2D eigenvalue weighted by Crippen LogP contribution is -2.30. The van der Waals surface area contributed by atoms with Crippen molar-refractivity contribution in [2.24, 2.45) is 5.92 Å². The largest absolute Gasteiger partial charge is 0.374 e. The minimum absolute atomic E-state index is 0.904. The number of hydrogen-bond acceptors (Lipinski definition) is 2. The summed E-state index contributed by atoms with van der Waals surface area (Å²) in [5.74, 6) is 0.904. The van der Waals surface area contributed by atoms with Gasteiger partial charge in [-0.1, -0.05) is 12.1 Å². The smallest absolute Gasteiger partial charge is 0.0508 e. The zero-order valence-electron chi connectivity index (χ0n) is 10.5. The Balaban J connectivity index is 1.84. The lowest BCUT2D eigenvalue weighted by atomic mass is 9.94. The van der Waals surface area contributed by atoms with E-state index in [0.717, 1.165) is 12.5 Å². The number of piperidine rings is 1. The van der Waals surface area contributed by atoms with E-state index >= 15 is 0 Å². The van der Waals surface area contributed by atoms with Gasteiger partial charge in [-0.2, -0.15) is 0 Å². The van der Waals surface area contributed by atoms with Gasteiger partial charge in [-0.05, 0) is 66.3 Å². The van der Waals surface area contributed by atoms with Gasteiger partial charge in [0.25, 0.3) is 0 Å². The Labute approximate surface area is 113 Å². The zero-order chi connectivity index (χ0) is 12.1. The molecule has 0 spiro atoms. The van der Waals surface area contributed by atoms with Gasteiger partial charge in [0.1, 0.15) is 0 Å². The molecule has 2 nitrogen and oxygen atoms in total. The first-order chi connectivity index (χ1) is 8.27. The molecular formula is C14H21BrN2. The summed E-state index contributed by atoms with van der Waals surface area (Å²) in [6.45, 7) is 3.54. The lowest BCUT2D eigenvalue weighted by molar-refractivity contribution is 0.356. The lowest BCUT2D eigenvalue weighted by Gasteiger charge is -2.26. The standard InChI is InChI=1S/C14H21BrN2/c1-17(14-5-3-2-4-13(14)15)11-8-12-6-9-16-10-7-12/h2-5,12,16H,6-11H2,1H3. The molecule has 0 bridgehead atoms. The fourth-order valence-electron chi connectivity index (χ4n) is 2.43. The fourth-order valence-corrected chi connectivity index (χ4v) is 3.02. The van der Waals surface area contributed by atoms with Crippen molar-refractivity contribution < 1.29 is 0 Å². The maximum Gasteiger partial charge on any atom is 0.0508 e. The highest BCUT2D eigenvalue weighted by Crippen LogP contribution is 2.25. The Morgan fingerprint density at radius 1 is 1.29 bits per heavy atom. The third-order valence-corrected chi connectivity index (χ3v) is 4.27. The molecule has 0 radical (unpaired) electrons. The molecule has 1 aliphatic rings. The Bertz CT molecular complexity index is 348. The summed E-state index contributed by atoms with van der Waals surface area (Å²) in [5.41, 5.74) is 1.29. The van der Waals surface area contributed by atoms with Crippen LogP contribution in [0.25, 0.3) is 0 Å². The van der Waals surface area contributed by atoms with Crippen LogP contribution in [-0.4, -0.2) is 26.7 Å². The van der Waals surface area contributed by atoms with Crippen molar-refractivity contribution in [1.82, 2.24) is 5.32 Å². The van der Waals surface area contributed by atoms with Crippen molar-refractivity contribution in [3.05, 3.63) is 28.7 Å². The minimum atomic E-state index is 0.904. The number of hydrogen-bond donors (Lipinski definition) is 1.